The molecule has 0 bridgehead atoms. The number of aryl methyl sites for hydroxylation is 1. The van der Waals surface area contributed by atoms with Gasteiger partial charge in [0, 0.05) is 31.6 Å². The summed E-state index contributed by atoms with van der Waals surface area (Å²) < 4.78 is 0. The maximum Gasteiger partial charge on any atom is 0.314 e. The number of hydrogen-bond acceptors (Lipinski definition) is 5. The lowest BCUT2D eigenvalue weighted by Crippen LogP contribution is -2.42. The highest BCUT2D eigenvalue weighted by Gasteiger charge is 2.20. The molecule has 6 nitrogen and oxygen atoms in total. The molecule has 0 aliphatic carbocycles. The second-order valence-electron chi connectivity index (χ2n) is 5.79. The summed E-state index contributed by atoms with van der Waals surface area (Å²) >= 11 is 1.71. The number of carbonyl (C=O) groups is 1. The van der Waals surface area contributed by atoms with E-state index in [9.17, 15) is 4.79 Å². The fourth-order valence-electron chi connectivity index (χ4n) is 2.64. The van der Waals surface area contributed by atoms with E-state index in [4.69, 9.17) is 5.11 Å². The quantitative estimate of drug-likeness (QED) is 0.661. The lowest BCUT2D eigenvalue weighted by atomic mass is 9.97. The van der Waals surface area contributed by atoms with E-state index in [1.165, 1.54) is 5.69 Å². The van der Waals surface area contributed by atoms with Gasteiger partial charge in [-0.25, -0.2) is 9.78 Å². The van der Waals surface area contributed by atoms with Crippen molar-refractivity contribution < 1.29 is 9.90 Å². The highest BCUT2D eigenvalue weighted by Crippen LogP contribution is 2.19. The van der Waals surface area contributed by atoms with Crippen LogP contribution < -0.4 is 10.6 Å². The first kappa shape index (κ1) is 17.2. The Bertz CT molecular complexity index is 458. The first-order valence-electron chi connectivity index (χ1n) is 7.93. The zero-order valence-corrected chi connectivity index (χ0v) is 14.0. The molecule has 22 heavy (non-hydrogen) atoms. The van der Waals surface area contributed by atoms with Crippen molar-refractivity contribution in [2.24, 2.45) is 5.92 Å². The summed E-state index contributed by atoms with van der Waals surface area (Å²) in [7, 11) is 0. The van der Waals surface area contributed by atoms with Crippen molar-refractivity contribution in [2.45, 2.75) is 32.7 Å². The van der Waals surface area contributed by atoms with Crippen molar-refractivity contribution in [3.63, 3.8) is 0 Å². The van der Waals surface area contributed by atoms with Gasteiger partial charge >= 0.3 is 6.03 Å². The summed E-state index contributed by atoms with van der Waals surface area (Å²) in [6, 6.07) is -0.131. The number of urea groups is 1. The Kier molecular flexibility index (Phi) is 7.08. The van der Waals surface area contributed by atoms with Gasteiger partial charge in [0.1, 0.15) is 0 Å². The summed E-state index contributed by atoms with van der Waals surface area (Å²) in [5.41, 5.74) is 1.17. The molecule has 124 valence electrons. The highest BCUT2D eigenvalue weighted by atomic mass is 32.1. The van der Waals surface area contributed by atoms with Crippen molar-refractivity contribution >= 4 is 17.4 Å². The van der Waals surface area contributed by atoms with Gasteiger partial charge < -0.3 is 15.7 Å². The van der Waals surface area contributed by atoms with Crippen molar-refractivity contribution in [2.75, 3.05) is 32.8 Å². The number of rotatable bonds is 7. The van der Waals surface area contributed by atoms with Crippen LogP contribution >= 0.6 is 11.3 Å². The number of aromatic nitrogens is 1. The molecule has 0 atom stereocenters. The molecule has 1 aliphatic rings. The lowest BCUT2D eigenvalue weighted by Gasteiger charge is -2.31. The van der Waals surface area contributed by atoms with Crippen molar-refractivity contribution in [1.29, 1.82) is 0 Å². The lowest BCUT2D eigenvalue weighted by molar-refractivity contribution is 0.173. The minimum absolute atomic E-state index is 0.108. The van der Waals surface area contributed by atoms with Gasteiger partial charge in [0.25, 0.3) is 0 Å². The number of hydrogen-bond donors (Lipinski definition) is 3. The summed E-state index contributed by atoms with van der Waals surface area (Å²) in [6.45, 7) is 6.47. The highest BCUT2D eigenvalue weighted by molar-refractivity contribution is 7.09. The number of likely N-dealkylation sites (tertiary alicyclic amines) is 1. The fourth-order valence-corrected chi connectivity index (χ4v) is 3.24. The van der Waals surface area contributed by atoms with Crippen LogP contribution in [-0.4, -0.2) is 53.8 Å². The predicted molar refractivity (Wildman–Crippen MR) is 88.0 cm³/mol. The third-order valence-corrected chi connectivity index (χ3v) is 4.75. The van der Waals surface area contributed by atoms with Crippen LogP contribution in [-0.2, 0) is 6.54 Å². The largest absolute Gasteiger partial charge is 0.396 e. The Hall–Kier alpha value is -1.18. The number of nitrogens with one attached hydrogen (secondary N) is 2. The minimum Gasteiger partial charge on any atom is -0.396 e. The summed E-state index contributed by atoms with van der Waals surface area (Å²) in [6.07, 6.45) is 2.82. The molecule has 0 unspecified atom stereocenters. The Morgan fingerprint density at radius 3 is 2.86 bits per heavy atom. The first-order valence-corrected chi connectivity index (χ1v) is 8.81. The van der Waals surface area contributed by atoms with Gasteiger partial charge in [-0.05, 0) is 45.2 Å². The molecule has 1 aromatic heterocycles. The molecule has 2 heterocycles. The molecule has 1 fully saturated rings. The molecular formula is C15H26N4O2S. The Morgan fingerprint density at radius 2 is 2.23 bits per heavy atom. The second-order valence-corrected chi connectivity index (χ2v) is 6.85. The molecule has 1 aromatic rings. The Morgan fingerprint density at radius 1 is 1.45 bits per heavy atom. The fraction of sp³-hybridized carbons (Fsp3) is 0.733. The van der Waals surface area contributed by atoms with Gasteiger partial charge in [-0.2, -0.15) is 0 Å². The van der Waals surface area contributed by atoms with E-state index >= 15 is 0 Å². The number of aliphatic hydroxyl groups excluding tert-OH is 1. The average molecular weight is 326 g/mol. The number of amides is 2. The van der Waals surface area contributed by atoms with Gasteiger partial charge in [-0.1, -0.05) is 0 Å². The van der Waals surface area contributed by atoms with E-state index in [-0.39, 0.29) is 12.6 Å². The molecule has 2 amide bonds. The van der Waals surface area contributed by atoms with Crippen molar-refractivity contribution in [3.8, 4) is 0 Å². The number of carbonyl (C=O) groups excluding carboxylic acids is 1. The van der Waals surface area contributed by atoms with Crippen LogP contribution in [0.15, 0.2) is 5.38 Å². The van der Waals surface area contributed by atoms with Gasteiger partial charge in [0.15, 0.2) is 0 Å². The predicted octanol–water partition coefficient (Wildman–Crippen LogP) is 1.35. The van der Waals surface area contributed by atoms with Gasteiger partial charge in [0.05, 0.1) is 10.7 Å². The molecule has 3 N–H and O–H groups in total. The van der Waals surface area contributed by atoms with Crippen LogP contribution in [0, 0.1) is 12.8 Å². The number of nitrogens with zero attached hydrogens (tertiary/aromatic N) is 2. The molecule has 7 heteroatoms. The molecule has 0 radical (unpaired) electrons. The second kappa shape index (κ2) is 9.07. The van der Waals surface area contributed by atoms with E-state index in [0.29, 0.717) is 18.9 Å². The molecule has 0 saturated carbocycles. The van der Waals surface area contributed by atoms with Crippen molar-refractivity contribution in [1.82, 2.24) is 20.5 Å². The third kappa shape index (κ3) is 5.90. The van der Waals surface area contributed by atoms with E-state index in [0.717, 1.165) is 44.0 Å². The third-order valence-electron chi connectivity index (χ3n) is 3.93. The smallest absolute Gasteiger partial charge is 0.314 e. The standard InChI is InChI=1S/C15H26N4O2S/c1-12-18-14(11-22-12)10-19-6-3-13(4-7-19)9-17-15(21)16-5-2-8-20/h11,13,20H,2-10H2,1H3,(H2,16,17,21). The van der Waals surface area contributed by atoms with E-state index in [1.807, 2.05) is 6.92 Å². The van der Waals surface area contributed by atoms with E-state index in [1.54, 1.807) is 11.3 Å². The summed E-state index contributed by atoms with van der Waals surface area (Å²) in [4.78, 5) is 18.5. The maximum absolute atomic E-state index is 11.5. The molecule has 0 aromatic carbocycles. The van der Waals surface area contributed by atoms with Gasteiger partial charge in [-0.3, -0.25) is 4.90 Å². The molecule has 1 aliphatic heterocycles. The average Bonchev–Trinajstić information content (AvgIpc) is 2.92. The van der Waals surface area contributed by atoms with Crippen LogP contribution in [0.25, 0.3) is 0 Å². The van der Waals surface area contributed by atoms with Crippen LogP contribution in [0.5, 0.6) is 0 Å². The molecule has 2 rings (SSSR count). The summed E-state index contributed by atoms with van der Waals surface area (Å²) in [5, 5.41) is 17.6. The zero-order valence-electron chi connectivity index (χ0n) is 13.2. The van der Waals surface area contributed by atoms with E-state index < -0.39 is 0 Å². The Labute approximate surface area is 135 Å². The normalized spacial score (nSPS) is 16.6. The van der Waals surface area contributed by atoms with Crippen LogP contribution in [0.2, 0.25) is 0 Å². The Balaban J connectivity index is 1.59. The minimum atomic E-state index is -0.131. The number of piperidine rings is 1. The first-order chi connectivity index (χ1) is 10.7. The zero-order chi connectivity index (χ0) is 15.8. The topological polar surface area (TPSA) is 77.5 Å². The maximum atomic E-state index is 11.5. The van der Waals surface area contributed by atoms with Gasteiger partial charge in [-0.15, -0.1) is 11.3 Å². The monoisotopic (exact) mass is 326 g/mol. The molecular weight excluding hydrogens is 300 g/mol. The van der Waals surface area contributed by atoms with E-state index in [2.05, 4.69) is 25.9 Å². The van der Waals surface area contributed by atoms with Gasteiger partial charge in [0.2, 0.25) is 0 Å². The van der Waals surface area contributed by atoms with Crippen molar-refractivity contribution in [3.05, 3.63) is 16.1 Å². The summed E-state index contributed by atoms with van der Waals surface area (Å²) in [5.74, 6) is 0.553. The molecule has 1 saturated heterocycles. The van der Waals surface area contributed by atoms with Crippen LogP contribution in [0.3, 0.4) is 0 Å². The SMILES string of the molecule is Cc1nc(CN2CCC(CNC(=O)NCCCO)CC2)cs1. The number of aliphatic hydroxyl groups is 1. The number of thiazole rings is 1. The molecule has 0 spiro atoms. The van der Waals surface area contributed by atoms with Crippen LogP contribution in [0.1, 0.15) is 30.0 Å². The van der Waals surface area contributed by atoms with Crippen LogP contribution in [0.4, 0.5) is 4.79 Å².